The predicted octanol–water partition coefficient (Wildman–Crippen LogP) is 5.64. The van der Waals surface area contributed by atoms with E-state index < -0.39 is 0 Å². The van der Waals surface area contributed by atoms with Crippen molar-refractivity contribution < 1.29 is 0 Å². The SMILES string of the molecule is CN1C(=CC(=S)c2cccc3ccccc23)Sc2ccccc21. The lowest BCUT2D eigenvalue weighted by Crippen LogP contribution is -2.11. The van der Waals surface area contributed by atoms with Gasteiger partial charge in [0.1, 0.15) is 0 Å². The summed E-state index contributed by atoms with van der Waals surface area (Å²) in [6.45, 7) is 0. The number of nitrogens with zero attached hydrogens (tertiary/aromatic N) is 1. The summed E-state index contributed by atoms with van der Waals surface area (Å²) in [7, 11) is 2.09. The molecule has 1 heterocycles. The quantitative estimate of drug-likeness (QED) is 0.339. The minimum Gasteiger partial charge on any atom is -0.338 e. The fraction of sp³-hybridized carbons (Fsp3) is 0.0500. The lowest BCUT2D eigenvalue weighted by atomic mass is 10.0. The molecule has 0 unspecified atom stereocenters. The number of para-hydroxylation sites is 1. The van der Waals surface area contributed by atoms with Crippen molar-refractivity contribution in [2.45, 2.75) is 4.90 Å². The highest BCUT2D eigenvalue weighted by atomic mass is 32.2. The van der Waals surface area contributed by atoms with Crippen LogP contribution in [0.4, 0.5) is 5.69 Å². The molecule has 3 aromatic carbocycles. The smallest absolute Gasteiger partial charge is 0.0813 e. The number of thiocarbonyl (C=S) groups is 1. The van der Waals surface area contributed by atoms with Gasteiger partial charge in [0.25, 0.3) is 0 Å². The van der Waals surface area contributed by atoms with Crippen molar-refractivity contribution in [1.29, 1.82) is 0 Å². The molecule has 1 nitrogen and oxygen atoms in total. The molecule has 23 heavy (non-hydrogen) atoms. The average molecular weight is 333 g/mol. The van der Waals surface area contributed by atoms with Crippen molar-refractivity contribution in [3.05, 3.63) is 83.4 Å². The Labute approximate surface area is 145 Å². The summed E-state index contributed by atoms with van der Waals surface area (Å²) in [6.07, 6.45) is 2.11. The standard InChI is InChI=1S/C20H15NS2/c1-21-17-11-4-5-12-19(17)23-20(21)13-18(22)16-10-6-8-14-7-2-3-9-15(14)16/h2-13H,1H3. The molecule has 0 fully saturated rings. The van der Waals surface area contributed by atoms with Gasteiger partial charge in [0.05, 0.1) is 10.7 Å². The minimum absolute atomic E-state index is 0.879. The van der Waals surface area contributed by atoms with Crippen LogP contribution < -0.4 is 4.90 Å². The zero-order chi connectivity index (χ0) is 15.8. The van der Waals surface area contributed by atoms with Crippen LogP contribution in [-0.2, 0) is 0 Å². The van der Waals surface area contributed by atoms with Gasteiger partial charge in [-0.2, -0.15) is 0 Å². The molecule has 0 bridgehead atoms. The van der Waals surface area contributed by atoms with E-state index in [4.69, 9.17) is 12.2 Å². The summed E-state index contributed by atoms with van der Waals surface area (Å²) in [4.78, 5) is 4.36. The zero-order valence-electron chi connectivity index (χ0n) is 12.7. The molecule has 0 amide bonds. The van der Waals surface area contributed by atoms with E-state index in [0.717, 1.165) is 10.4 Å². The van der Waals surface area contributed by atoms with Gasteiger partial charge in [-0.25, -0.2) is 0 Å². The molecule has 0 saturated carbocycles. The van der Waals surface area contributed by atoms with Crippen LogP contribution in [0.3, 0.4) is 0 Å². The van der Waals surface area contributed by atoms with Gasteiger partial charge in [0, 0.05) is 22.4 Å². The molecular formula is C20H15NS2. The van der Waals surface area contributed by atoms with E-state index in [1.165, 1.54) is 26.4 Å². The zero-order valence-corrected chi connectivity index (χ0v) is 14.3. The molecule has 0 spiro atoms. The first-order chi connectivity index (χ1) is 11.2. The molecular weight excluding hydrogens is 318 g/mol. The van der Waals surface area contributed by atoms with Crippen LogP contribution in [0.2, 0.25) is 0 Å². The molecule has 0 atom stereocenters. The Morgan fingerprint density at radius 2 is 1.70 bits per heavy atom. The van der Waals surface area contributed by atoms with E-state index in [0.29, 0.717) is 0 Å². The van der Waals surface area contributed by atoms with Crippen molar-refractivity contribution in [2.75, 3.05) is 11.9 Å². The van der Waals surface area contributed by atoms with Crippen molar-refractivity contribution in [3.8, 4) is 0 Å². The van der Waals surface area contributed by atoms with E-state index in [9.17, 15) is 0 Å². The van der Waals surface area contributed by atoms with Crippen LogP contribution in [0.15, 0.2) is 82.7 Å². The largest absolute Gasteiger partial charge is 0.338 e. The van der Waals surface area contributed by atoms with Gasteiger partial charge in [-0.15, -0.1) is 0 Å². The summed E-state index contributed by atoms with van der Waals surface area (Å²) >= 11 is 7.50. The highest BCUT2D eigenvalue weighted by Crippen LogP contribution is 2.44. The predicted molar refractivity (Wildman–Crippen MR) is 104 cm³/mol. The van der Waals surface area contributed by atoms with E-state index in [2.05, 4.69) is 84.8 Å². The van der Waals surface area contributed by atoms with Gasteiger partial charge < -0.3 is 4.90 Å². The number of fused-ring (bicyclic) bond motifs is 2. The number of hydrogen-bond donors (Lipinski definition) is 0. The van der Waals surface area contributed by atoms with E-state index >= 15 is 0 Å². The van der Waals surface area contributed by atoms with Crippen molar-refractivity contribution >= 4 is 45.3 Å². The second-order valence-corrected chi connectivity index (χ2v) is 7.00. The third-order valence-electron chi connectivity index (χ3n) is 4.08. The third kappa shape index (κ3) is 2.56. The average Bonchev–Trinajstić information content (AvgIpc) is 2.90. The lowest BCUT2D eigenvalue weighted by molar-refractivity contribution is 1.18. The topological polar surface area (TPSA) is 3.24 Å². The fourth-order valence-electron chi connectivity index (χ4n) is 2.88. The van der Waals surface area contributed by atoms with Crippen molar-refractivity contribution in [1.82, 2.24) is 0 Å². The Hall–Kier alpha value is -2.10. The summed E-state index contributed by atoms with van der Waals surface area (Å²) in [5, 5.41) is 3.60. The second kappa shape index (κ2) is 5.84. The minimum atomic E-state index is 0.879. The molecule has 0 aliphatic carbocycles. The molecule has 1 aliphatic rings. The van der Waals surface area contributed by atoms with Crippen LogP contribution in [-0.4, -0.2) is 11.9 Å². The first-order valence-electron chi connectivity index (χ1n) is 7.48. The Bertz CT molecular complexity index is 938. The summed E-state index contributed by atoms with van der Waals surface area (Å²) < 4.78 is 0. The third-order valence-corrected chi connectivity index (χ3v) is 5.59. The first-order valence-corrected chi connectivity index (χ1v) is 8.71. The van der Waals surface area contributed by atoms with Gasteiger partial charge >= 0.3 is 0 Å². The highest BCUT2D eigenvalue weighted by Gasteiger charge is 2.21. The number of anilines is 1. The monoisotopic (exact) mass is 333 g/mol. The van der Waals surface area contributed by atoms with Crippen LogP contribution in [0.1, 0.15) is 5.56 Å². The van der Waals surface area contributed by atoms with E-state index in [1.54, 1.807) is 11.8 Å². The van der Waals surface area contributed by atoms with Crippen LogP contribution in [0.25, 0.3) is 10.8 Å². The van der Waals surface area contributed by atoms with Crippen LogP contribution >= 0.6 is 24.0 Å². The maximum absolute atomic E-state index is 5.73. The van der Waals surface area contributed by atoms with Crippen molar-refractivity contribution in [2.24, 2.45) is 0 Å². The van der Waals surface area contributed by atoms with Crippen LogP contribution in [0, 0.1) is 0 Å². The Balaban J connectivity index is 1.73. The molecule has 112 valence electrons. The molecule has 3 aromatic rings. The lowest BCUT2D eigenvalue weighted by Gasteiger charge is -2.14. The van der Waals surface area contributed by atoms with Gasteiger partial charge in [-0.3, -0.25) is 0 Å². The molecule has 0 N–H and O–H groups in total. The Morgan fingerprint density at radius 1 is 0.957 bits per heavy atom. The molecule has 0 radical (unpaired) electrons. The second-order valence-electron chi connectivity index (χ2n) is 5.50. The van der Waals surface area contributed by atoms with Crippen molar-refractivity contribution in [3.63, 3.8) is 0 Å². The van der Waals surface area contributed by atoms with Gasteiger partial charge in [0.15, 0.2) is 0 Å². The summed E-state index contributed by atoms with van der Waals surface area (Å²) in [6, 6.07) is 23.1. The molecule has 0 saturated heterocycles. The number of hydrogen-bond acceptors (Lipinski definition) is 3. The number of benzene rings is 3. The van der Waals surface area contributed by atoms with E-state index in [1.807, 2.05) is 0 Å². The molecule has 1 aliphatic heterocycles. The van der Waals surface area contributed by atoms with Gasteiger partial charge in [0.2, 0.25) is 0 Å². The highest BCUT2D eigenvalue weighted by molar-refractivity contribution is 8.03. The van der Waals surface area contributed by atoms with E-state index in [-0.39, 0.29) is 0 Å². The molecule has 0 aromatic heterocycles. The van der Waals surface area contributed by atoms with Gasteiger partial charge in [-0.05, 0) is 29.0 Å². The molecule has 3 heteroatoms. The summed E-state index contributed by atoms with van der Waals surface area (Å²) in [5.74, 6) is 0. The fourth-order valence-corrected chi connectivity index (χ4v) is 4.33. The Morgan fingerprint density at radius 3 is 2.57 bits per heavy atom. The number of allylic oxidation sites excluding steroid dienone is 1. The maximum Gasteiger partial charge on any atom is 0.0813 e. The van der Waals surface area contributed by atoms with Gasteiger partial charge in [-0.1, -0.05) is 78.6 Å². The number of rotatable bonds is 2. The number of thioether (sulfide) groups is 1. The summed E-state index contributed by atoms with van der Waals surface area (Å²) in [5.41, 5.74) is 2.36. The Kier molecular flexibility index (Phi) is 3.68. The maximum atomic E-state index is 5.73. The molecule has 4 rings (SSSR count). The normalized spacial score (nSPS) is 15.2. The van der Waals surface area contributed by atoms with Crippen LogP contribution in [0.5, 0.6) is 0 Å². The first kappa shape index (κ1) is 14.5.